The molecule has 0 saturated heterocycles. The van der Waals surface area contributed by atoms with E-state index in [-0.39, 0.29) is 18.8 Å². The number of nitrogens with zero attached hydrogens (tertiary/aromatic N) is 2. The Morgan fingerprint density at radius 2 is 2.04 bits per heavy atom. The van der Waals surface area contributed by atoms with Crippen molar-refractivity contribution in [1.29, 1.82) is 0 Å². The third kappa shape index (κ3) is 4.38. The maximum atomic E-state index is 14.4. The fraction of sp³-hybridized carbons (Fsp3) is 0.211. The second-order valence-corrected chi connectivity index (χ2v) is 8.06. The lowest BCUT2D eigenvalue weighted by molar-refractivity contribution is -0.145. The van der Waals surface area contributed by atoms with E-state index in [1.807, 2.05) is 47.1 Å². The molecule has 0 saturated carbocycles. The molecule has 0 fully saturated rings. The molecule has 8 heteroatoms. The first kappa shape index (κ1) is 20.3. The third-order valence-electron chi connectivity index (χ3n) is 4.14. The third-order valence-corrected chi connectivity index (χ3v) is 6.05. The van der Waals surface area contributed by atoms with Gasteiger partial charge in [0, 0.05) is 15.2 Å². The molecule has 1 heterocycles. The molecule has 0 radical (unpaired) electrons. The van der Waals surface area contributed by atoms with E-state index in [9.17, 15) is 9.18 Å². The molecule has 0 bridgehead atoms. The predicted molar refractivity (Wildman–Crippen MR) is 117 cm³/mol. The van der Waals surface area contributed by atoms with Gasteiger partial charge in [-0.3, -0.25) is 4.79 Å². The van der Waals surface area contributed by atoms with Crippen LogP contribution in [-0.4, -0.2) is 20.6 Å². The molecule has 0 aliphatic rings. The molecule has 3 aromatic rings. The smallest absolute Gasteiger partial charge is 0.315 e. The molecule has 3 rings (SSSR count). The summed E-state index contributed by atoms with van der Waals surface area (Å²) in [5, 5.41) is 6.10. The van der Waals surface area contributed by atoms with Gasteiger partial charge in [-0.2, -0.15) is 7.99 Å². The summed E-state index contributed by atoms with van der Waals surface area (Å²) in [6.45, 7) is 1.98. The quantitative estimate of drug-likeness (QED) is 0.226. The van der Waals surface area contributed by atoms with E-state index in [2.05, 4.69) is 21.0 Å². The van der Waals surface area contributed by atoms with Crippen LogP contribution in [0.5, 0.6) is 0 Å². The molecule has 27 heavy (non-hydrogen) atoms. The van der Waals surface area contributed by atoms with E-state index in [0.29, 0.717) is 20.4 Å². The minimum atomic E-state index is -0.748. The van der Waals surface area contributed by atoms with Crippen molar-refractivity contribution < 1.29 is 13.9 Å². The summed E-state index contributed by atoms with van der Waals surface area (Å²) in [6, 6.07) is 12.3. The van der Waals surface area contributed by atoms with E-state index in [4.69, 9.17) is 17.0 Å². The van der Waals surface area contributed by atoms with Gasteiger partial charge in [0.25, 0.3) is 0 Å². The highest BCUT2D eigenvalue weighted by molar-refractivity contribution is 14.1. The van der Waals surface area contributed by atoms with Crippen molar-refractivity contribution in [2.45, 2.75) is 19.3 Å². The lowest BCUT2D eigenvalue weighted by atomic mass is 9.93. The highest BCUT2D eigenvalue weighted by Crippen LogP contribution is 2.30. The van der Waals surface area contributed by atoms with Crippen LogP contribution in [0.1, 0.15) is 24.1 Å². The lowest BCUT2D eigenvalue weighted by Crippen LogP contribution is -2.21. The van der Waals surface area contributed by atoms with Gasteiger partial charge in [-0.05, 0) is 31.0 Å². The summed E-state index contributed by atoms with van der Waals surface area (Å²) in [5.41, 5.74) is 0.943. The Hall–Kier alpha value is -1.39. The average Bonchev–Trinajstić information content (AvgIpc) is 2.64. The minimum Gasteiger partial charge on any atom is -0.465 e. The normalized spacial score (nSPS) is 12.1. The molecular formula is C19H15BrFIN2O2S. The van der Waals surface area contributed by atoms with Gasteiger partial charge in [0.1, 0.15) is 16.4 Å². The van der Waals surface area contributed by atoms with E-state index in [1.165, 1.54) is 8.96 Å². The SMILES string of the molecule is CCOC(=O)C(Cc1ccc(Br)cc1F)c1nn(I)c(=S)c2ccccc12. The number of fused-ring (bicyclic) bond motifs is 1. The number of ether oxygens (including phenoxy) is 1. The van der Waals surface area contributed by atoms with Gasteiger partial charge in [0.15, 0.2) is 0 Å². The van der Waals surface area contributed by atoms with Gasteiger partial charge in [-0.25, -0.2) is 4.39 Å². The molecule has 0 N–H and O–H groups in total. The second-order valence-electron chi connectivity index (χ2n) is 5.84. The average molecular weight is 561 g/mol. The van der Waals surface area contributed by atoms with E-state index < -0.39 is 11.9 Å². The predicted octanol–water partition coefficient (Wildman–Crippen LogP) is 5.75. The zero-order valence-corrected chi connectivity index (χ0v) is 18.8. The first-order chi connectivity index (χ1) is 12.9. The molecule has 1 unspecified atom stereocenters. The number of hydrogen-bond acceptors (Lipinski definition) is 4. The summed E-state index contributed by atoms with van der Waals surface area (Å²) < 4.78 is 22.4. The van der Waals surface area contributed by atoms with Gasteiger partial charge in [0.05, 0.1) is 35.2 Å². The van der Waals surface area contributed by atoms with Crippen LogP contribution >= 0.6 is 51.0 Å². The molecule has 0 aliphatic heterocycles. The number of carbonyl (C=O) groups is 1. The van der Waals surface area contributed by atoms with Crippen LogP contribution in [0.2, 0.25) is 0 Å². The summed E-state index contributed by atoms with van der Waals surface area (Å²) >= 11 is 10.7. The van der Waals surface area contributed by atoms with Crippen molar-refractivity contribution in [3.05, 3.63) is 68.7 Å². The maximum Gasteiger partial charge on any atom is 0.315 e. The molecule has 1 atom stereocenters. The number of rotatable bonds is 5. The Balaban J connectivity index is 2.17. The van der Waals surface area contributed by atoms with Crippen molar-refractivity contribution in [2.75, 3.05) is 6.61 Å². The molecule has 2 aromatic carbocycles. The molecule has 1 aromatic heterocycles. The summed E-state index contributed by atoms with van der Waals surface area (Å²) in [5.74, 6) is -1.57. The van der Waals surface area contributed by atoms with Crippen LogP contribution in [0.4, 0.5) is 4.39 Å². The first-order valence-electron chi connectivity index (χ1n) is 8.21. The van der Waals surface area contributed by atoms with Gasteiger partial charge < -0.3 is 4.74 Å². The van der Waals surface area contributed by atoms with Crippen molar-refractivity contribution >= 4 is 67.8 Å². The largest absolute Gasteiger partial charge is 0.465 e. The standard InChI is InChI=1S/C19H15BrFIN2O2S/c1-2-26-19(25)15(9-11-7-8-12(20)10-16(11)21)17-13-5-3-4-6-14(13)18(27)24(22)23-17/h3-8,10,15H,2,9H2,1H3. The van der Waals surface area contributed by atoms with E-state index in [1.54, 1.807) is 19.1 Å². The fourth-order valence-corrected chi connectivity index (χ4v) is 3.93. The van der Waals surface area contributed by atoms with Gasteiger partial charge in [-0.15, -0.1) is 0 Å². The van der Waals surface area contributed by atoms with Crippen LogP contribution < -0.4 is 0 Å². The van der Waals surface area contributed by atoms with Crippen LogP contribution in [0, 0.1) is 10.5 Å². The first-order valence-corrected chi connectivity index (χ1v) is 10.4. The van der Waals surface area contributed by atoms with Gasteiger partial charge >= 0.3 is 5.97 Å². The number of carbonyl (C=O) groups excluding carboxylic acids is 1. The van der Waals surface area contributed by atoms with E-state index in [0.717, 1.165) is 10.8 Å². The Morgan fingerprint density at radius 3 is 2.70 bits per heavy atom. The van der Waals surface area contributed by atoms with Crippen LogP contribution in [-0.2, 0) is 16.0 Å². The van der Waals surface area contributed by atoms with Crippen molar-refractivity contribution in [3.8, 4) is 0 Å². The van der Waals surface area contributed by atoms with Crippen LogP contribution in [0.15, 0.2) is 46.9 Å². The molecule has 4 nitrogen and oxygen atoms in total. The number of hydrogen-bond donors (Lipinski definition) is 0. The van der Waals surface area contributed by atoms with E-state index >= 15 is 0 Å². The Labute approximate surface area is 183 Å². The Bertz CT molecular complexity index is 1070. The molecule has 0 aliphatic carbocycles. The van der Waals surface area contributed by atoms with Crippen LogP contribution in [0.25, 0.3) is 10.8 Å². The van der Waals surface area contributed by atoms with Crippen molar-refractivity contribution in [1.82, 2.24) is 7.99 Å². The fourth-order valence-electron chi connectivity index (χ4n) is 2.89. The number of aromatic nitrogens is 2. The highest BCUT2D eigenvalue weighted by atomic mass is 127. The summed E-state index contributed by atoms with van der Waals surface area (Å²) in [6.07, 6.45) is 0.141. The highest BCUT2D eigenvalue weighted by Gasteiger charge is 2.28. The monoisotopic (exact) mass is 560 g/mol. The minimum absolute atomic E-state index is 0.141. The molecule has 0 spiro atoms. The number of esters is 1. The van der Waals surface area contributed by atoms with Gasteiger partial charge in [0.2, 0.25) is 0 Å². The molecule has 0 amide bonds. The second kappa shape index (κ2) is 8.74. The lowest BCUT2D eigenvalue weighted by Gasteiger charge is -2.18. The van der Waals surface area contributed by atoms with Crippen molar-refractivity contribution in [2.24, 2.45) is 0 Å². The summed E-state index contributed by atoms with van der Waals surface area (Å²) in [4.78, 5) is 12.7. The zero-order chi connectivity index (χ0) is 19.6. The Kier molecular flexibility index (Phi) is 6.59. The Morgan fingerprint density at radius 1 is 1.33 bits per heavy atom. The number of halogens is 3. The molecule has 140 valence electrons. The summed E-state index contributed by atoms with van der Waals surface area (Å²) in [7, 11) is 0. The zero-order valence-electron chi connectivity index (χ0n) is 14.3. The van der Waals surface area contributed by atoms with Crippen molar-refractivity contribution in [3.63, 3.8) is 0 Å². The van der Waals surface area contributed by atoms with Gasteiger partial charge in [-0.1, -0.05) is 58.5 Å². The molecular weight excluding hydrogens is 546 g/mol. The topological polar surface area (TPSA) is 44.1 Å². The maximum absolute atomic E-state index is 14.4. The number of benzene rings is 2. The van der Waals surface area contributed by atoms with Crippen LogP contribution in [0.3, 0.4) is 0 Å².